The van der Waals surface area contributed by atoms with Crippen LogP contribution in [0.4, 0.5) is 0 Å². The molecule has 22 heavy (non-hydrogen) atoms. The minimum absolute atomic E-state index is 0.319. The maximum atomic E-state index is 6.40. The van der Waals surface area contributed by atoms with Gasteiger partial charge in [0.25, 0.3) is 0 Å². The Morgan fingerprint density at radius 3 is 2.27 bits per heavy atom. The molecular weight excluding hydrogens is 284 g/mol. The lowest BCUT2D eigenvalue weighted by atomic mass is 9.97. The lowest BCUT2D eigenvalue weighted by Gasteiger charge is -2.24. The number of hydrogen-bond donors (Lipinski definition) is 0. The summed E-state index contributed by atoms with van der Waals surface area (Å²) in [6, 6.07) is 16.5. The Bertz CT molecular complexity index is 639. The van der Waals surface area contributed by atoms with Crippen molar-refractivity contribution in [3.8, 4) is 5.75 Å². The first-order chi connectivity index (χ1) is 10.9. The predicted octanol–water partition coefficient (Wildman–Crippen LogP) is 5.05. The van der Waals surface area contributed by atoms with E-state index in [1.54, 1.807) is 5.19 Å². The zero-order chi connectivity index (χ0) is 14.8. The van der Waals surface area contributed by atoms with Gasteiger partial charge in [0.05, 0.1) is 14.9 Å². The summed E-state index contributed by atoms with van der Waals surface area (Å²) >= 11 is 0. The van der Waals surface area contributed by atoms with Gasteiger partial charge in [0.2, 0.25) is 0 Å². The molecule has 1 saturated carbocycles. The molecule has 1 heterocycles. The Morgan fingerprint density at radius 2 is 1.50 bits per heavy atom. The van der Waals surface area contributed by atoms with Crippen molar-refractivity contribution >= 4 is 24.8 Å². The average molecular weight is 310 g/mol. The van der Waals surface area contributed by atoms with E-state index in [1.807, 2.05) is 0 Å². The Kier molecular flexibility index (Phi) is 4.20. The van der Waals surface area contributed by atoms with Gasteiger partial charge in [-0.3, -0.25) is 0 Å². The second kappa shape index (κ2) is 6.45. The minimum Gasteiger partial charge on any atom is -0.490 e. The van der Waals surface area contributed by atoms with Crippen molar-refractivity contribution in [2.24, 2.45) is 0 Å². The highest BCUT2D eigenvalue weighted by Gasteiger charge is 2.22. The maximum absolute atomic E-state index is 6.40. The van der Waals surface area contributed by atoms with E-state index >= 15 is 0 Å². The standard InChI is InChI=1S/C20H25OSi/c1-2-8-16(9-3-1)21-19-12-13-20(22-14-6-7-15-22)18-11-5-4-10-17(18)19/h4-5,10-13,16H,1-3,6-9,14-15H2. The molecule has 1 nitrogen and oxygen atoms in total. The number of fused-ring (bicyclic) bond motifs is 1. The molecule has 0 amide bonds. The molecular formula is C20H25OSi. The molecule has 115 valence electrons. The van der Waals surface area contributed by atoms with E-state index in [0.29, 0.717) is 6.10 Å². The van der Waals surface area contributed by atoms with Gasteiger partial charge in [-0.25, -0.2) is 0 Å². The highest BCUT2D eigenvalue weighted by molar-refractivity contribution is 6.76. The smallest absolute Gasteiger partial charge is 0.127 e. The molecule has 0 spiro atoms. The number of hydrogen-bond acceptors (Lipinski definition) is 1. The lowest BCUT2D eigenvalue weighted by Crippen LogP contribution is -2.27. The highest BCUT2D eigenvalue weighted by atomic mass is 28.3. The number of ether oxygens (including phenoxy) is 1. The van der Waals surface area contributed by atoms with Crippen LogP contribution >= 0.6 is 0 Å². The Labute approximate surface area is 135 Å². The van der Waals surface area contributed by atoms with Crippen LogP contribution in [0.15, 0.2) is 36.4 Å². The van der Waals surface area contributed by atoms with Crippen LogP contribution < -0.4 is 9.92 Å². The fourth-order valence-corrected chi connectivity index (χ4v) is 7.18. The molecule has 1 saturated heterocycles. The SMILES string of the molecule is c1ccc2c([Si]3CCCC3)ccc(OC3CCCCC3)c2c1. The van der Waals surface area contributed by atoms with E-state index in [9.17, 15) is 0 Å². The van der Waals surface area contributed by atoms with Crippen LogP contribution in [0.3, 0.4) is 0 Å². The fraction of sp³-hybridized carbons (Fsp3) is 0.500. The second-order valence-electron chi connectivity index (χ2n) is 6.85. The largest absolute Gasteiger partial charge is 0.490 e. The van der Waals surface area contributed by atoms with Gasteiger partial charge in [-0.05, 0) is 37.1 Å². The highest BCUT2D eigenvalue weighted by Crippen LogP contribution is 2.30. The number of benzene rings is 2. The molecule has 4 rings (SSSR count). The van der Waals surface area contributed by atoms with Crippen molar-refractivity contribution in [1.29, 1.82) is 0 Å². The normalized spacial score (nSPS) is 20.5. The molecule has 1 radical (unpaired) electrons. The first-order valence-electron chi connectivity index (χ1n) is 8.95. The zero-order valence-corrected chi connectivity index (χ0v) is 14.3. The van der Waals surface area contributed by atoms with Crippen molar-refractivity contribution in [3.05, 3.63) is 36.4 Å². The molecule has 0 unspecified atom stereocenters. The van der Waals surface area contributed by atoms with Crippen LogP contribution in [0.2, 0.25) is 12.1 Å². The van der Waals surface area contributed by atoms with Gasteiger partial charge in [-0.2, -0.15) is 0 Å². The summed E-state index contributed by atoms with van der Waals surface area (Å²) in [5.41, 5.74) is 0. The Hall–Kier alpha value is -1.28. The molecule has 0 bridgehead atoms. The molecule has 2 fully saturated rings. The van der Waals surface area contributed by atoms with Crippen LogP contribution in [0, 0.1) is 0 Å². The topological polar surface area (TPSA) is 9.23 Å². The second-order valence-corrected chi connectivity index (χ2v) is 9.59. The van der Waals surface area contributed by atoms with Gasteiger partial charge in [-0.1, -0.05) is 66.9 Å². The summed E-state index contributed by atoms with van der Waals surface area (Å²) in [7, 11) is -0.319. The third-order valence-electron chi connectivity index (χ3n) is 5.32. The molecule has 2 heteroatoms. The van der Waals surface area contributed by atoms with Gasteiger partial charge < -0.3 is 4.74 Å². The van der Waals surface area contributed by atoms with Crippen LogP contribution in [0.25, 0.3) is 10.8 Å². The van der Waals surface area contributed by atoms with E-state index < -0.39 is 0 Å². The van der Waals surface area contributed by atoms with E-state index in [-0.39, 0.29) is 8.80 Å². The van der Waals surface area contributed by atoms with Crippen molar-refractivity contribution in [1.82, 2.24) is 0 Å². The molecule has 2 aromatic rings. The van der Waals surface area contributed by atoms with Gasteiger partial charge in [0.1, 0.15) is 5.75 Å². The third-order valence-corrected chi connectivity index (χ3v) is 8.43. The van der Waals surface area contributed by atoms with E-state index in [2.05, 4.69) is 36.4 Å². The zero-order valence-electron chi connectivity index (χ0n) is 13.3. The molecule has 0 aromatic heterocycles. The van der Waals surface area contributed by atoms with Crippen LogP contribution in [-0.2, 0) is 0 Å². The molecule has 2 aliphatic rings. The number of rotatable bonds is 3. The predicted molar refractivity (Wildman–Crippen MR) is 95.7 cm³/mol. The molecule has 1 aliphatic heterocycles. The summed E-state index contributed by atoms with van der Waals surface area (Å²) in [6.07, 6.45) is 9.79. The average Bonchev–Trinajstić information content (AvgIpc) is 3.10. The molecule has 0 N–H and O–H groups in total. The minimum atomic E-state index is -0.319. The summed E-state index contributed by atoms with van der Waals surface area (Å²) in [6.45, 7) is 0. The Balaban J connectivity index is 1.69. The van der Waals surface area contributed by atoms with E-state index in [0.717, 1.165) is 5.75 Å². The monoisotopic (exact) mass is 309 g/mol. The summed E-state index contributed by atoms with van der Waals surface area (Å²) in [5, 5.41) is 4.45. The Morgan fingerprint density at radius 1 is 0.773 bits per heavy atom. The fourth-order valence-electron chi connectivity index (χ4n) is 4.12. The van der Waals surface area contributed by atoms with Crippen LogP contribution in [0.5, 0.6) is 5.75 Å². The van der Waals surface area contributed by atoms with Gasteiger partial charge in [0.15, 0.2) is 0 Å². The van der Waals surface area contributed by atoms with Crippen molar-refractivity contribution in [2.45, 2.75) is 63.1 Å². The van der Waals surface area contributed by atoms with Crippen molar-refractivity contribution in [2.75, 3.05) is 0 Å². The summed E-state index contributed by atoms with van der Waals surface area (Å²) in [5.74, 6) is 1.12. The van der Waals surface area contributed by atoms with Gasteiger partial charge >= 0.3 is 0 Å². The quantitative estimate of drug-likeness (QED) is 0.721. The molecule has 1 aliphatic carbocycles. The van der Waals surface area contributed by atoms with Crippen LogP contribution in [0.1, 0.15) is 44.9 Å². The summed E-state index contributed by atoms with van der Waals surface area (Å²) < 4.78 is 6.40. The third kappa shape index (κ3) is 2.81. The first kappa shape index (κ1) is 14.3. The molecule has 0 atom stereocenters. The van der Waals surface area contributed by atoms with Crippen molar-refractivity contribution < 1.29 is 4.74 Å². The van der Waals surface area contributed by atoms with Gasteiger partial charge in [0, 0.05) is 5.39 Å². The molecule has 2 aromatic carbocycles. The maximum Gasteiger partial charge on any atom is 0.127 e. The van der Waals surface area contributed by atoms with Crippen LogP contribution in [-0.4, -0.2) is 14.9 Å². The van der Waals surface area contributed by atoms with Crippen molar-refractivity contribution in [3.63, 3.8) is 0 Å². The summed E-state index contributed by atoms with van der Waals surface area (Å²) in [4.78, 5) is 0. The van der Waals surface area contributed by atoms with E-state index in [1.165, 1.54) is 67.8 Å². The van der Waals surface area contributed by atoms with Gasteiger partial charge in [-0.15, -0.1) is 0 Å². The first-order valence-corrected chi connectivity index (χ1v) is 10.9. The van der Waals surface area contributed by atoms with E-state index in [4.69, 9.17) is 4.74 Å². The lowest BCUT2D eigenvalue weighted by molar-refractivity contribution is 0.157.